The molecule has 0 aliphatic carbocycles. The maximum absolute atomic E-state index is 11.4. The van der Waals surface area contributed by atoms with E-state index in [0.717, 1.165) is 16.8 Å². The molecule has 17 heavy (non-hydrogen) atoms. The topological polar surface area (TPSA) is 91.4 Å². The summed E-state index contributed by atoms with van der Waals surface area (Å²) in [5, 5.41) is 10.3. The van der Waals surface area contributed by atoms with Crippen LogP contribution in [-0.2, 0) is 16.1 Å². The van der Waals surface area contributed by atoms with Crippen LogP contribution < -0.4 is 5.56 Å². The van der Waals surface area contributed by atoms with Crippen LogP contribution in [0.5, 0.6) is 0 Å². The highest BCUT2D eigenvalue weighted by molar-refractivity contribution is 6.32. The number of hydrogen-bond donors (Lipinski definition) is 0. The summed E-state index contributed by atoms with van der Waals surface area (Å²) in [5.74, 6) is -0.647. The van der Waals surface area contributed by atoms with Gasteiger partial charge in [-0.3, -0.25) is 24.3 Å². The van der Waals surface area contributed by atoms with Crippen molar-refractivity contribution in [2.24, 2.45) is 0 Å². The number of aromatic nitrogens is 1. The molecule has 0 unspecified atom stereocenters. The Labute approximate surface area is 101 Å². The van der Waals surface area contributed by atoms with E-state index < -0.39 is 22.1 Å². The quantitative estimate of drug-likeness (QED) is 0.457. The van der Waals surface area contributed by atoms with Gasteiger partial charge in [-0.15, -0.1) is 0 Å². The summed E-state index contributed by atoms with van der Waals surface area (Å²) in [6.07, 6.45) is 0.918. The molecule has 1 aromatic heterocycles. The van der Waals surface area contributed by atoms with Crippen molar-refractivity contribution in [1.82, 2.24) is 4.57 Å². The number of esters is 1. The van der Waals surface area contributed by atoms with Crippen LogP contribution >= 0.6 is 11.6 Å². The smallest absolute Gasteiger partial charge is 0.326 e. The van der Waals surface area contributed by atoms with Crippen LogP contribution in [0.25, 0.3) is 0 Å². The van der Waals surface area contributed by atoms with Crippen LogP contribution in [0.15, 0.2) is 17.1 Å². The van der Waals surface area contributed by atoms with Crippen molar-refractivity contribution < 1.29 is 14.5 Å². The number of carbonyl (C=O) groups is 1. The number of rotatable bonds is 4. The standard InChI is InChI=1S/C9H9ClN2O5/c1-2-17-9(14)5-11-4-7(12(15)16)6(10)3-8(11)13/h3-4H,2,5H2,1H3. The van der Waals surface area contributed by atoms with Crippen LogP contribution in [-0.4, -0.2) is 22.1 Å². The van der Waals surface area contributed by atoms with Crippen LogP contribution in [0.2, 0.25) is 5.02 Å². The van der Waals surface area contributed by atoms with Gasteiger partial charge in [0.05, 0.1) is 17.7 Å². The summed E-state index contributed by atoms with van der Waals surface area (Å²) >= 11 is 5.52. The second kappa shape index (κ2) is 5.44. The molecule has 0 spiro atoms. The zero-order valence-electron chi connectivity index (χ0n) is 8.88. The third kappa shape index (κ3) is 3.28. The molecule has 92 valence electrons. The summed E-state index contributed by atoms with van der Waals surface area (Å²) in [7, 11) is 0. The fourth-order valence-electron chi connectivity index (χ4n) is 1.14. The molecule has 8 heteroatoms. The van der Waals surface area contributed by atoms with Gasteiger partial charge < -0.3 is 4.74 Å². The van der Waals surface area contributed by atoms with Crippen molar-refractivity contribution in [2.45, 2.75) is 13.5 Å². The first kappa shape index (κ1) is 13.2. The van der Waals surface area contributed by atoms with E-state index in [1.807, 2.05) is 0 Å². The highest BCUT2D eigenvalue weighted by atomic mass is 35.5. The minimum Gasteiger partial charge on any atom is -0.465 e. The summed E-state index contributed by atoms with van der Waals surface area (Å²) in [5.41, 5.74) is -1.04. The van der Waals surface area contributed by atoms with E-state index in [4.69, 9.17) is 11.6 Å². The monoisotopic (exact) mass is 260 g/mol. The molecule has 1 rings (SSSR count). The summed E-state index contributed by atoms with van der Waals surface area (Å²) < 4.78 is 5.51. The molecule has 0 aliphatic rings. The summed E-state index contributed by atoms with van der Waals surface area (Å²) in [6, 6.07) is 0.888. The Morgan fingerprint density at radius 2 is 2.29 bits per heavy atom. The molecule has 0 fully saturated rings. The Morgan fingerprint density at radius 3 is 2.82 bits per heavy atom. The van der Waals surface area contributed by atoms with Crippen molar-refractivity contribution in [3.63, 3.8) is 0 Å². The van der Waals surface area contributed by atoms with Crippen LogP contribution in [0.4, 0.5) is 5.69 Å². The Hall–Kier alpha value is -1.89. The van der Waals surface area contributed by atoms with Gasteiger partial charge in [-0.1, -0.05) is 11.6 Å². The Balaban J connectivity index is 3.08. The molecular weight excluding hydrogens is 252 g/mol. The molecule has 0 radical (unpaired) electrons. The largest absolute Gasteiger partial charge is 0.465 e. The van der Waals surface area contributed by atoms with Gasteiger partial charge in [0.15, 0.2) is 0 Å². The van der Waals surface area contributed by atoms with Crippen molar-refractivity contribution in [3.05, 3.63) is 37.8 Å². The van der Waals surface area contributed by atoms with Gasteiger partial charge in [0, 0.05) is 6.07 Å². The lowest BCUT2D eigenvalue weighted by molar-refractivity contribution is -0.385. The lowest BCUT2D eigenvalue weighted by Gasteiger charge is -2.05. The lowest BCUT2D eigenvalue weighted by Crippen LogP contribution is -2.24. The molecule has 0 saturated heterocycles. The molecule has 1 heterocycles. The van der Waals surface area contributed by atoms with Crippen molar-refractivity contribution in [2.75, 3.05) is 6.61 Å². The molecule has 0 amide bonds. The number of pyridine rings is 1. The predicted molar refractivity (Wildman–Crippen MR) is 59.0 cm³/mol. The summed E-state index contributed by atoms with van der Waals surface area (Å²) in [6.45, 7) is 1.40. The average molecular weight is 261 g/mol. The van der Waals surface area contributed by atoms with Gasteiger partial charge >= 0.3 is 11.7 Å². The second-order valence-corrected chi connectivity index (χ2v) is 3.44. The third-order valence-corrected chi connectivity index (χ3v) is 2.16. The number of ether oxygens (including phenoxy) is 1. The predicted octanol–water partition coefficient (Wildman–Crippen LogP) is 0.973. The number of hydrogen-bond acceptors (Lipinski definition) is 5. The molecule has 0 aliphatic heterocycles. The Bertz CT molecular complexity index is 511. The number of nitro groups is 1. The van der Waals surface area contributed by atoms with Crippen LogP contribution in [0, 0.1) is 10.1 Å². The molecule has 0 saturated carbocycles. The third-order valence-electron chi connectivity index (χ3n) is 1.86. The van der Waals surface area contributed by atoms with Crippen LogP contribution in [0.1, 0.15) is 6.92 Å². The van der Waals surface area contributed by atoms with Crippen LogP contribution in [0.3, 0.4) is 0 Å². The maximum atomic E-state index is 11.4. The van der Waals surface area contributed by atoms with E-state index in [0.29, 0.717) is 0 Å². The van der Waals surface area contributed by atoms with Gasteiger partial charge in [-0.25, -0.2) is 0 Å². The molecule has 0 atom stereocenters. The van der Waals surface area contributed by atoms with Crippen molar-refractivity contribution >= 4 is 23.3 Å². The average Bonchev–Trinajstić information content (AvgIpc) is 2.21. The maximum Gasteiger partial charge on any atom is 0.326 e. The summed E-state index contributed by atoms with van der Waals surface area (Å²) in [4.78, 5) is 32.4. The zero-order chi connectivity index (χ0) is 13.0. The number of halogens is 1. The van der Waals surface area contributed by atoms with Crippen molar-refractivity contribution in [3.8, 4) is 0 Å². The Kier molecular flexibility index (Phi) is 4.22. The van der Waals surface area contributed by atoms with E-state index in [1.165, 1.54) is 0 Å². The fourth-order valence-corrected chi connectivity index (χ4v) is 1.35. The minimum atomic E-state index is -0.733. The number of carbonyl (C=O) groups excluding carboxylic acids is 1. The second-order valence-electron chi connectivity index (χ2n) is 3.03. The van der Waals surface area contributed by atoms with E-state index in [-0.39, 0.29) is 18.2 Å². The molecular formula is C9H9ClN2O5. The van der Waals surface area contributed by atoms with E-state index >= 15 is 0 Å². The van der Waals surface area contributed by atoms with Gasteiger partial charge in [0.1, 0.15) is 11.6 Å². The minimum absolute atomic E-state index is 0.170. The molecule has 1 aromatic rings. The first-order valence-electron chi connectivity index (χ1n) is 4.65. The highest BCUT2D eigenvalue weighted by Gasteiger charge is 2.16. The van der Waals surface area contributed by atoms with Gasteiger partial charge in [0.25, 0.3) is 5.56 Å². The Morgan fingerprint density at radius 1 is 1.65 bits per heavy atom. The first-order valence-corrected chi connectivity index (χ1v) is 5.03. The van der Waals surface area contributed by atoms with E-state index in [9.17, 15) is 19.7 Å². The first-order chi connectivity index (χ1) is 7.95. The molecule has 0 bridgehead atoms. The van der Waals surface area contributed by atoms with Gasteiger partial charge in [-0.05, 0) is 6.92 Å². The van der Waals surface area contributed by atoms with E-state index in [1.54, 1.807) is 6.92 Å². The molecule has 0 N–H and O–H groups in total. The number of nitrogens with zero attached hydrogens (tertiary/aromatic N) is 2. The highest BCUT2D eigenvalue weighted by Crippen LogP contribution is 2.20. The van der Waals surface area contributed by atoms with Gasteiger partial charge in [0.2, 0.25) is 0 Å². The SMILES string of the molecule is CCOC(=O)Cn1cc([N+](=O)[O-])c(Cl)cc1=O. The van der Waals surface area contributed by atoms with Crippen molar-refractivity contribution in [1.29, 1.82) is 0 Å². The van der Waals surface area contributed by atoms with E-state index in [2.05, 4.69) is 4.74 Å². The zero-order valence-corrected chi connectivity index (χ0v) is 9.64. The fraction of sp³-hybridized carbons (Fsp3) is 0.333. The normalized spacial score (nSPS) is 10.0. The van der Waals surface area contributed by atoms with Gasteiger partial charge in [-0.2, -0.15) is 0 Å². The molecule has 0 aromatic carbocycles. The lowest BCUT2D eigenvalue weighted by atomic mass is 10.4. The molecule has 7 nitrogen and oxygen atoms in total.